The summed E-state index contributed by atoms with van der Waals surface area (Å²) in [6, 6.07) is 0. The van der Waals surface area contributed by atoms with Crippen molar-refractivity contribution in [3.05, 3.63) is 22.4 Å². The SMILES string of the molecule is CCn1c(C(C)C)nc2c(cnn2CC(F)F)c1=O. The molecule has 0 bridgehead atoms. The van der Waals surface area contributed by atoms with E-state index in [1.165, 1.54) is 6.20 Å². The minimum absolute atomic E-state index is 0.0342. The molecule has 0 aliphatic heterocycles. The Hall–Kier alpha value is -1.79. The standard InChI is InChI=1S/C12H16F2N4O/c1-4-17-10(7(2)3)16-11-8(12(17)19)5-15-18(11)6-9(13)14/h5,7,9H,4,6H2,1-3H3. The highest BCUT2D eigenvalue weighted by atomic mass is 19.3. The molecular formula is C12H16F2N4O. The highest BCUT2D eigenvalue weighted by Crippen LogP contribution is 2.15. The normalized spacial score (nSPS) is 11.9. The summed E-state index contributed by atoms with van der Waals surface area (Å²) in [6.45, 7) is 5.62. The molecule has 0 aliphatic rings. The van der Waals surface area contributed by atoms with Crippen LogP contribution in [-0.2, 0) is 13.1 Å². The number of alkyl halides is 2. The summed E-state index contributed by atoms with van der Waals surface area (Å²) in [5.74, 6) is 0.628. The molecule has 7 heteroatoms. The molecule has 5 nitrogen and oxygen atoms in total. The summed E-state index contributed by atoms with van der Waals surface area (Å²) >= 11 is 0. The van der Waals surface area contributed by atoms with Crippen LogP contribution in [0.15, 0.2) is 11.0 Å². The molecule has 2 rings (SSSR count). The van der Waals surface area contributed by atoms with E-state index in [4.69, 9.17) is 0 Å². The van der Waals surface area contributed by atoms with Gasteiger partial charge < -0.3 is 0 Å². The Morgan fingerprint density at radius 1 is 1.37 bits per heavy atom. The summed E-state index contributed by atoms with van der Waals surface area (Å²) in [5.41, 5.74) is 0.00964. The van der Waals surface area contributed by atoms with Gasteiger partial charge in [0.1, 0.15) is 17.8 Å². The predicted molar refractivity (Wildman–Crippen MR) is 67.6 cm³/mol. The van der Waals surface area contributed by atoms with Crippen LogP contribution < -0.4 is 5.56 Å². The van der Waals surface area contributed by atoms with Gasteiger partial charge in [-0.1, -0.05) is 13.8 Å². The fraction of sp³-hybridized carbons (Fsp3) is 0.583. The zero-order chi connectivity index (χ0) is 14.2. The Balaban J connectivity index is 2.72. The number of hydrogen-bond donors (Lipinski definition) is 0. The van der Waals surface area contributed by atoms with Crippen LogP contribution in [0.4, 0.5) is 8.78 Å². The number of aromatic nitrogens is 4. The Bertz CT molecular complexity index is 645. The van der Waals surface area contributed by atoms with Crippen molar-refractivity contribution < 1.29 is 8.78 Å². The monoisotopic (exact) mass is 270 g/mol. The zero-order valence-corrected chi connectivity index (χ0v) is 11.1. The van der Waals surface area contributed by atoms with Crippen molar-refractivity contribution in [1.82, 2.24) is 19.3 Å². The van der Waals surface area contributed by atoms with Gasteiger partial charge in [-0.05, 0) is 6.92 Å². The molecule has 0 saturated carbocycles. The fourth-order valence-electron chi connectivity index (χ4n) is 2.08. The molecule has 0 spiro atoms. The molecule has 0 fully saturated rings. The van der Waals surface area contributed by atoms with E-state index in [1.54, 1.807) is 4.57 Å². The van der Waals surface area contributed by atoms with E-state index in [-0.39, 0.29) is 22.5 Å². The lowest BCUT2D eigenvalue weighted by Crippen LogP contribution is -2.25. The van der Waals surface area contributed by atoms with Crippen LogP contribution in [0.2, 0.25) is 0 Å². The van der Waals surface area contributed by atoms with Gasteiger partial charge in [-0.15, -0.1) is 0 Å². The van der Waals surface area contributed by atoms with Gasteiger partial charge in [-0.3, -0.25) is 9.36 Å². The number of rotatable bonds is 4. The average Bonchev–Trinajstić information content (AvgIpc) is 2.71. The van der Waals surface area contributed by atoms with Gasteiger partial charge in [0.05, 0.1) is 6.20 Å². The Morgan fingerprint density at radius 2 is 2.05 bits per heavy atom. The molecule has 0 saturated heterocycles. The van der Waals surface area contributed by atoms with E-state index in [9.17, 15) is 13.6 Å². The van der Waals surface area contributed by atoms with E-state index < -0.39 is 13.0 Å². The smallest absolute Gasteiger partial charge is 0.264 e. The van der Waals surface area contributed by atoms with Crippen molar-refractivity contribution in [3.63, 3.8) is 0 Å². The second-order valence-electron chi connectivity index (χ2n) is 4.63. The third-order valence-corrected chi connectivity index (χ3v) is 2.93. The topological polar surface area (TPSA) is 52.7 Å². The second kappa shape index (κ2) is 5.07. The van der Waals surface area contributed by atoms with Gasteiger partial charge in [0, 0.05) is 12.5 Å². The van der Waals surface area contributed by atoms with E-state index in [1.807, 2.05) is 20.8 Å². The van der Waals surface area contributed by atoms with Gasteiger partial charge in [0.15, 0.2) is 5.65 Å². The Labute approximate surface area is 108 Å². The number of hydrogen-bond acceptors (Lipinski definition) is 3. The number of fused-ring (bicyclic) bond motifs is 1. The molecule has 0 unspecified atom stereocenters. The van der Waals surface area contributed by atoms with Gasteiger partial charge >= 0.3 is 0 Å². The molecule has 2 aromatic heterocycles. The highest BCUT2D eigenvalue weighted by molar-refractivity contribution is 5.73. The van der Waals surface area contributed by atoms with E-state index >= 15 is 0 Å². The maximum Gasteiger partial charge on any atom is 0.264 e. The first-order valence-electron chi connectivity index (χ1n) is 6.20. The molecule has 0 aliphatic carbocycles. The molecule has 2 heterocycles. The van der Waals surface area contributed by atoms with Crippen molar-refractivity contribution in [2.24, 2.45) is 0 Å². The lowest BCUT2D eigenvalue weighted by Gasteiger charge is -2.13. The molecule has 19 heavy (non-hydrogen) atoms. The van der Waals surface area contributed by atoms with Crippen LogP contribution >= 0.6 is 0 Å². The molecule has 0 aromatic carbocycles. The number of nitrogens with zero attached hydrogens (tertiary/aromatic N) is 4. The maximum absolute atomic E-state index is 12.5. The molecule has 0 atom stereocenters. The zero-order valence-electron chi connectivity index (χ0n) is 11.1. The van der Waals surface area contributed by atoms with Crippen molar-refractivity contribution in [2.75, 3.05) is 0 Å². The molecule has 0 radical (unpaired) electrons. The highest BCUT2D eigenvalue weighted by Gasteiger charge is 2.17. The van der Waals surface area contributed by atoms with Crippen LogP contribution in [0.3, 0.4) is 0 Å². The van der Waals surface area contributed by atoms with Crippen LogP contribution in [0.25, 0.3) is 11.0 Å². The first-order valence-corrected chi connectivity index (χ1v) is 6.20. The molecule has 0 amide bonds. The maximum atomic E-state index is 12.5. The summed E-state index contributed by atoms with van der Waals surface area (Å²) in [7, 11) is 0. The third kappa shape index (κ3) is 2.36. The van der Waals surface area contributed by atoms with Crippen molar-refractivity contribution >= 4 is 11.0 Å². The molecule has 0 N–H and O–H groups in total. The van der Waals surface area contributed by atoms with Crippen LogP contribution in [0.5, 0.6) is 0 Å². The molecule has 2 aromatic rings. The van der Waals surface area contributed by atoms with Crippen LogP contribution in [0.1, 0.15) is 32.5 Å². The Kier molecular flexibility index (Phi) is 3.64. The van der Waals surface area contributed by atoms with Crippen molar-refractivity contribution in [2.45, 2.75) is 46.2 Å². The largest absolute Gasteiger partial charge is 0.296 e. The number of halogens is 2. The summed E-state index contributed by atoms with van der Waals surface area (Å²) < 4.78 is 27.6. The first kappa shape index (κ1) is 13.6. The van der Waals surface area contributed by atoms with Gasteiger partial charge in [0.2, 0.25) is 0 Å². The molecule has 104 valence electrons. The lowest BCUT2D eigenvalue weighted by atomic mass is 10.2. The fourth-order valence-corrected chi connectivity index (χ4v) is 2.08. The van der Waals surface area contributed by atoms with Crippen molar-refractivity contribution in [1.29, 1.82) is 0 Å². The quantitative estimate of drug-likeness (QED) is 0.854. The lowest BCUT2D eigenvalue weighted by molar-refractivity contribution is 0.123. The van der Waals surface area contributed by atoms with Gasteiger partial charge in [0.25, 0.3) is 12.0 Å². The minimum Gasteiger partial charge on any atom is -0.296 e. The minimum atomic E-state index is -2.53. The second-order valence-corrected chi connectivity index (χ2v) is 4.63. The van der Waals surface area contributed by atoms with Gasteiger partial charge in [-0.25, -0.2) is 18.4 Å². The summed E-state index contributed by atoms with van der Waals surface area (Å²) in [4.78, 5) is 16.6. The van der Waals surface area contributed by atoms with E-state index in [0.29, 0.717) is 12.4 Å². The van der Waals surface area contributed by atoms with Gasteiger partial charge in [-0.2, -0.15) is 5.10 Å². The van der Waals surface area contributed by atoms with E-state index in [2.05, 4.69) is 10.1 Å². The first-order chi connectivity index (χ1) is 8.95. The van der Waals surface area contributed by atoms with Crippen LogP contribution in [0, 0.1) is 0 Å². The van der Waals surface area contributed by atoms with Crippen molar-refractivity contribution in [3.8, 4) is 0 Å². The van der Waals surface area contributed by atoms with E-state index in [0.717, 1.165) is 4.68 Å². The average molecular weight is 270 g/mol. The Morgan fingerprint density at radius 3 is 2.58 bits per heavy atom. The third-order valence-electron chi connectivity index (χ3n) is 2.93. The summed E-state index contributed by atoms with van der Waals surface area (Å²) in [5, 5.41) is 4.12. The predicted octanol–water partition coefficient (Wildman–Crippen LogP) is 2.00. The summed E-state index contributed by atoms with van der Waals surface area (Å²) in [6.07, 6.45) is -1.22. The van der Waals surface area contributed by atoms with Crippen LogP contribution in [-0.4, -0.2) is 25.8 Å². The molecular weight excluding hydrogens is 254 g/mol.